The number of ether oxygens (including phenoxy) is 2. The van der Waals surface area contributed by atoms with Crippen LogP contribution in [-0.2, 0) is 9.47 Å². The van der Waals surface area contributed by atoms with E-state index in [-0.39, 0.29) is 0 Å². The van der Waals surface area contributed by atoms with E-state index in [1.165, 1.54) is 281 Å². The van der Waals surface area contributed by atoms with Crippen molar-refractivity contribution in [3.05, 3.63) is 0 Å². The van der Waals surface area contributed by atoms with Crippen LogP contribution in [0.5, 0.6) is 0 Å². The number of likely N-dealkylation sites (tertiary alicyclic amines) is 1. The van der Waals surface area contributed by atoms with Crippen molar-refractivity contribution in [2.24, 2.45) is 177 Å². The van der Waals surface area contributed by atoms with Gasteiger partial charge in [0.1, 0.15) is 0 Å². The Balaban J connectivity index is 0.000000636. The van der Waals surface area contributed by atoms with Crippen LogP contribution in [0.3, 0.4) is 0 Å². The fourth-order valence-corrected chi connectivity index (χ4v) is 22.9. The van der Waals surface area contributed by atoms with E-state index in [2.05, 4.69) is 266 Å². The molecule has 118 heavy (non-hydrogen) atoms. The van der Waals surface area contributed by atoms with Crippen molar-refractivity contribution in [2.45, 2.75) is 420 Å². The maximum Gasteiger partial charge on any atom is 0.0497 e. The second-order valence-electron chi connectivity index (χ2n) is 46.6. The zero-order chi connectivity index (χ0) is 88.7. The van der Waals surface area contributed by atoms with Crippen molar-refractivity contribution in [3.8, 4) is 0 Å². The summed E-state index contributed by atoms with van der Waals surface area (Å²) in [6, 6.07) is 0. The van der Waals surface area contributed by atoms with Gasteiger partial charge in [-0.1, -0.05) is 305 Å². The molecule has 0 spiro atoms. The SMILES string of the molecule is CC(C)C1CC1.CC(C)C1CCC(C)(C)C1.CC(C)C1CCC1.CC(C)C1CCCC1.CC(C)C1CCCC1C.CC(C)C1CCCCC1.CC(C)C1CCCNC1.CC(C)C1CCCOC1.CC(C)C1CCCSC1.CC(C)C1CCN(C)C1.CC(C)C1CCNC1.CC(C)C1CCNCC1.CC(C)C1CCOC1.CC(C)C1CCSC1. The molecule has 0 aromatic heterocycles. The summed E-state index contributed by atoms with van der Waals surface area (Å²) in [7, 11) is 2.21. The second-order valence-corrected chi connectivity index (χ2v) is 48.9. The van der Waals surface area contributed by atoms with E-state index >= 15 is 0 Å². The van der Waals surface area contributed by atoms with E-state index in [4.69, 9.17) is 9.47 Å². The predicted octanol–water partition coefficient (Wildman–Crippen LogP) is 32.2. The minimum absolute atomic E-state index is 0.648. The Kier molecular flexibility index (Phi) is 68.5. The second kappa shape index (κ2) is 69.4. The Morgan fingerprint density at radius 2 is 0.661 bits per heavy atom. The summed E-state index contributed by atoms with van der Waals surface area (Å²) in [4.78, 5) is 2.42. The zero-order valence-corrected chi connectivity index (χ0v) is 88.4. The average molecular weight is 1700 g/mol. The highest BCUT2D eigenvalue weighted by Gasteiger charge is 2.33. The lowest BCUT2D eigenvalue weighted by atomic mass is 9.78. The molecule has 14 fully saturated rings. The molecule has 8 heterocycles. The highest BCUT2D eigenvalue weighted by molar-refractivity contribution is 7.99. The third kappa shape index (κ3) is 58.1. The topological polar surface area (TPSA) is 57.8 Å². The fraction of sp³-hybridized carbons (Fsp3) is 1.00. The van der Waals surface area contributed by atoms with Crippen LogP contribution in [0.2, 0.25) is 0 Å². The van der Waals surface area contributed by atoms with Gasteiger partial charge in [-0.15, -0.1) is 0 Å². The molecule has 3 N–H and O–H groups in total. The normalized spacial score (nSPS) is 27.9. The van der Waals surface area contributed by atoms with Crippen LogP contribution in [0.1, 0.15) is 420 Å². The van der Waals surface area contributed by atoms with Crippen LogP contribution in [0.15, 0.2) is 0 Å². The number of nitrogens with zero attached hydrogens (tertiary/aromatic N) is 1. The first kappa shape index (κ1) is 116. The Morgan fingerprint density at radius 3 is 0.898 bits per heavy atom. The van der Waals surface area contributed by atoms with Crippen molar-refractivity contribution in [3.63, 3.8) is 0 Å². The molecule has 14 rings (SSSR count). The molecule has 6 aliphatic carbocycles. The van der Waals surface area contributed by atoms with Gasteiger partial charge in [0.2, 0.25) is 0 Å². The number of rotatable bonds is 14. The first-order chi connectivity index (χ1) is 55.8. The third-order valence-electron chi connectivity index (χ3n) is 31.4. The number of piperidine rings is 2. The highest BCUT2D eigenvalue weighted by atomic mass is 32.2. The molecule has 10 atom stereocenters. The summed E-state index contributed by atoms with van der Waals surface area (Å²) in [5.41, 5.74) is 0.648. The molecule has 0 aromatic rings. The summed E-state index contributed by atoms with van der Waals surface area (Å²) in [5, 5.41) is 10.1. The van der Waals surface area contributed by atoms with Crippen molar-refractivity contribution < 1.29 is 9.47 Å². The maximum atomic E-state index is 5.34. The van der Waals surface area contributed by atoms with Gasteiger partial charge in [-0.25, -0.2) is 0 Å². The molecule has 10 unspecified atom stereocenters. The number of hydrogen-bond acceptors (Lipinski definition) is 8. The van der Waals surface area contributed by atoms with Gasteiger partial charge in [-0.2, -0.15) is 23.5 Å². The summed E-state index contributed by atoms with van der Waals surface area (Å²) in [6.07, 6.45) is 46.4. The van der Waals surface area contributed by atoms with Crippen molar-refractivity contribution in [1.82, 2.24) is 20.9 Å². The third-order valence-corrected chi connectivity index (χ3v) is 33.9. The van der Waals surface area contributed by atoms with Gasteiger partial charge in [-0.05, 0) is 368 Å². The zero-order valence-electron chi connectivity index (χ0n) is 86.8. The van der Waals surface area contributed by atoms with E-state index in [1.54, 1.807) is 0 Å². The average Bonchev–Trinajstić information content (AvgIpc) is 1.72. The molecule has 8 aliphatic heterocycles. The maximum absolute atomic E-state index is 5.34. The Labute approximate surface area is 754 Å². The lowest BCUT2D eigenvalue weighted by Gasteiger charge is -2.28. The Morgan fingerprint density at radius 1 is 0.288 bits per heavy atom. The van der Waals surface area contributed by atoms with E-state index in [9.17, 15) is 0 Å². The van der Waals surface area contributed by atoms with Crippen LogP contribution < -0.4 is 16.0 Å². The van der Waals surface area contributed by atoms with Crippen molar-refractivity contribution in [1.29, 1.82) is 0 Å². The summed E-state index contributed by atoms with van der Waals surface area (Å²) < 4.78 is 10.6. The van der Waals surface area contributed by atoms with E-state index in [0.29, 0.717) is 5.41 Å². The predicted molar refractivity (Wildman–Crippen MR) is 540 cm³/mol. The van der Waals surface area contributed by atoms with E-state index in [1.807, 2.05) is 0 Å². The first-order valence-electron chi connectivity index (χ1n) is 52.9. The van der Waals surface area contributed by atoms with Crippen LogP contribution in [0.25, 0.3) is 0 Å². The molecule has 6 saturated carbocycles. The molecule has 0 bridgehead atoms. The fourth-order valence-electron chi connectivity index (χ4n) is 20.0. The molecule has 0 aromatic carbocycles. The standard InChI is InChI=1S/C10H20.2C9H18.3C8H17N.C8H16O.C8H16S.C8H16.C7H15N.C7H14O.C7H14S.C7H14.C6H12/c1-8(2)9-5-6-10(3,4)7-9;1-7(2)9-6-4-5-8(9)3;1-8(2)9-6-4-3-5-7-9;1-7(2)8-4-5-9(3)6-8;1-7(2)8-3-5-9-6-4-8;3*1-7(2)8-4-3-5-9-6-8;1-7(2)8-5-3-4-6-8;3*1-6(2)7-3-4-8-5-7;1-6(2)7-4-3-5-7;1-5(2)6-3-4-6/h8-9H,5-7H2,1-4H3;7-9H,4-6H2,1-3H3;8-9H,3-7H2,1-2H3;7-8H,4-6H2,1-3H3;2*7-9H,3-6H2,1-2H3;2*7-8H,3-6H2,1-2H3;7-8H,3-6H2,1-2H3;6-8H,3-5H2,1-2H3;2*6-7H,3-5H2,1-2H3;6-7H,3-5H2,1-2H3;5-6H,3-4H2,1-2H3. The molecule has 6 nitrogen and oxygen atoms in total. The first-order valence-corrected chi connectivity index (χ1v) is 55.2. The molecule has 0 amide bonds. The Hall–Kier alpha value is 0.460. The minimum atomic E-state index is 0.648. The summed E-state index contributed by atoms with van der Waals surface area (Å²) >= 11 is 4.24. The van der Waals surface area contributed by atoms with Gasteiger partial charge in [0.15, 0.2) is 0 Å². The van der Waals surface area contributed by atoms with Gasteiger partial charge in [0, 0.05) is 33.0 Å². The number of hydrogen-bond donors (Lipinski definition) is 3. The minimum Gasteiger partial charge on any atom is -0.381 e. The van der Waals surface area contributed by atoms with Crippen LogP contribution in [0.4, 0.5) is 0 Å². The number of nitrogens with one attached hydrogen (secondary N) is 3. The number of thioether (sulfide) groups is 2. The summed E-state index contributed by atoms with van der Waals surface area (Å²) in [6.45, 7) is 86.3. The van der Waals surface area contributed by atoms with Gasteiger partial charge >= 0.3 is 0 Å². The van der Waals surface area contributed by atoms with Crippen molar-refractivity contribution in [2.75, 3.05) is 109 Å². The Bertz CT molecular complexity index is 1920. The van der Waals surface area contributed by atoms with Gasteiger partial charge in [-0.3, -0.25) is 0 Å². The lowest BCUT2D eigenvalue weighted by molar-refractivity contribution is 0.0373. The lowest BCUT2D eigenvalue weighted by Crippen LogP contribution is -2.32. The molecule has 708 valence electrons. The van der Waals surface area contributed by atoms with Crippen LogP contribution >= 0.6 is 23.5 Å². The monoisotopic (exact) mass is 1700 g/mol. The molecular formula is C110H224N4O2S2. The smallest absolute Gasteiger partial charge is 0.0497 e. The van der Waals surface area contributed by atoms with E-state index < -0.39 is 0 Å². The van der Waals surface area contributed by atoms with E-state index in [0.717, 1.165) is 198 Å². The summed E-state index contributed by atoms with van der Waals surface area (Å²) in [5.74, 6) is 33.2. The molecular weight excluding hydrogens is 1470 g/mol. The highest BCUT2D eigenvalue weighted by Crippen LogP contribution is 2.44. The largest absolute Gasteiger partial charge is 0.381 e. The van der Waals surface area contributed by atoms with Crippen LogP contribution in [0, 0.1) is 177 Å². The van der Waals surface area contributed by atoms with Gasteiger partial charge < -0.3 is 30.3 Å². The quantitative estimate of drug-likeness (QED) is 0.159. The van der Waals surface area contributed by atoms with Gasteiger partial charge in [0.25, 0.3) is 0 Å². The molecule has 8 heteroatoms. The molecule has 0 radical (unpaired) electrons. The molecule has 8 saturated heterocycles. The van der Waals surface area contributed by atoms with Crippen LogP contribution in [-0.4, -0.2) is 114 Å². The van der Waals surface area contributed by atoms with Crippen molar-refractivity contribution >= 4 is 23.5 Å². The molecule has 14 aliphatic rings. The van der Waals surface area contributed by atoms with Gasteiger partial charge in [0.05, 0.1) is 0 Å².